The highest BCUT2D eigenvalue weighted by Gasteiger charge is 2.26. The van der Waals surface area contributed by atoms with Crippen molar-refractivity contribution in [2.75, 3.05) is 18.0 Å². The van der Waals surface area contributed by atoms with Gasteiger partial charge in [0.15, 0.2) is 6.29 Å². The van der Waals surface area contributed by atoms with Gasteiger partial charge in [0.1, 0.15) is 0 Å². The Bertz CT molecular complexity index is 420. The lowest BCUT2D eigenvalue weighted by molar-refractivity contribution is 0.112. The molecule has 0 saturated carbocycles. The number of halogens is 1. The topological polar surface area (TPSA) is 40.5 Å². The molecular formula is C13H16BrNO2. The number of carbonyl (C=O) groups excluding carboxylic acids is 1. The van der Waals surface area contributed by atoms with Crippen molar-refractivity contribution in [3.05, 3.63) is 28.2 Å². The summed E-state index contributed by atoms with van der Waals surface area (Å²) in [6.07, 6.45) is 1.61. The average molecular weight is 298 g/mol. The van der Waals surface area contributed by atoms with E-state index in [9.17, 15) is 9.90 Å². The van der Waals surface area contributed by atoms with Crippen LogP contribution in [0.1, 0.15) is 23.7 Å². The number of hydrogen-bond acceptors (Lipinski definition) is 3. The van der Waals surface area contributed by atoms with Crippen molar-refractivity contribution in [3.8, 4) is 0 Å². The van der Waals surface area contributed by atoms with E-state index in [4.69, 9.17) is 0 Å². The summed E-state index contributed by atoms with van der Waals surface area (Å²) in [5, 5.41) is 9.57. The Morgan fingerprint density at radius 2 is 2.35 bits per heavy atom. The van der Waals surface area contributed by atoms with Crippen molar-refractivity contribution in [1.82, 2.24) is 0 Å². The lowest BCUT2D eigenvalue weighted by atomic mass is 10.0. The van der Waals surface area contributed by atoms with Crippen LogP contribution in [-0.4, -0.2) is 30.6 Å². The van der Waals surface area contributed by atoms with Crippen LogP contribution in [0.2, 0.25) is 0 Å². The molecule has 1 fully saturated rings. The number of aldehydes is 1. The van der Waals surface area contributed by atoms with Crippen LogP contribution in [0.25, 0.3) is 0 Å². The fraction of sp³-hybridized carbons (Fsp3) is 0.462. The Hall–Kier alpha value is -0.870. The van der Waals surface area contributed by atoms with Crippen molar-refractivity contribution < 1.29 is 9.90 Å². The quantitative estimate of drug-likeness (QED) is 0.872. The summed E-state index contributed by atoms with van der Waals surface area (Å²) in [6, 6.07) is 5.75. The predicted molar refractivity (Wildman–Crippen MR) is 71.5 cm³/mol. The first-order chi connectivity index (χ1) is 8.11. The Labute approximate surface area is 110 Å². The maximum atomic E-state index is 10.7. The third-order valence-corrected chi connectivity index (χ3v) is 4.07. The van der Waals surface area contributed by atoms with E-state index in [-0.39, 0.29) is 6.10 Å². The number of rotatable bonds is 3. The standard InChI is InChI=1S/C13H16BrNO2/c1-9(17)10-4-5-15(7-10)12-3-2-11(8-16)13(14)6-12/h2-3,6,8-10,17H,4-5,7H2,1H3. The van der Waals surface area contributed by atoms with Crippen LogP contribution in [0.5, 0.6) is 0 Å². The molecule has 1 saturated heterocycles. The van der Waals surface area contributed by atoms with E-state index in [0.717, 1.165) is 36.0 Å². The Balaban J connectivity index is 2.14. The van der Waals surface area contributed by atoms with E-state index >= 15 is 0 Å². The number of aliphatic hydroxyl groups excluding tert-OH is 1. The van der Waals surface area contributed by atoms with Crippen LogP contribution in [0.4, 0.5) is 5.69 Å². The van der Waals surface area contributed by atoms with Crippen LogP contribution in [0.15, 0.2) is 22.7 Å². The normalized spacial score (nSPS) is 21.6. The maximum absolute atomic E-state index is 10.7. The van der Waals surface area contributed by atoms with E-state index in [1.54, 1.807) is 0 Å². The van der Waals surface area contributed by atoms with E-state index in [1.165, 1.54) is 0 Å². The zero-order valence-electron chi connectivity index (χ0n) is 9.77. The van der Waals surface area contributed by atoms with Crippen LogP contribution >= 0.6 is 15.9 Å². The fourth-order valence-corrected chi connectivity index (χ4v) is 2.68. The third-order valence-electron chi connectivity index (χ3n) is 3.38. The average Bonchev–Trinajstić information content (AvgIpc) is 2.78. The molecule has 4 heteroatoms. The van der Waals surface area contributed by atoms with Crippen molar-refractivity contribution in [1.29, 1.82) is 0 Å². The summed E-state index contributed by atoms with van der Waals surface area (Å²) in [6.45, 7) is 3.69. The number of aliphatic hydroxyl groups is 1. The monoisotopic (exact) mass is 297 g/mol. The van der Waals surface area contributed by atoms with E-state index in [2.05, 4.69) is 20.8 Å². The van der Waals surface area contributed by atoms with Crippen molar-refractivity contribution >= 4 is 27.9 Å². The zero-order valence-corrected chi connectivity index (χ0v) is 11.4. The summed E-state index contributed by atoms with van der Waals surface area (Å²) < 4.78 is 0.825. The van der Waals surface area contributed by atoms with E-state index in [1.807, 2.05) is 25.1 Å². The highest BCUT2D eigenvalue weighted by atomic mass is 79.9. The molecular weight excluding hydrogens is 282 g/mol. The predicted octanol–water partition coefficient (Wildman–Crippen LogP) is 2.47. The van der Waals surface area contributed by atoms with Crippen molar-refractivity contribution in [2.24, 2.45) is 5.92 Å². The first-order valence-corrected chi connectivity index (χ1v) is 6.59. The first kappa shape index (κ1) is 12.6. The van der Waals surface area contributed by atoms with Gasteiger partial charge in [0.2, 0.25) is 0 Å². The molecule has 0 aromatic heterocycles. The Morgan fingerprint density at radius 1 is 1.59 bits per heavy atom. The molecule has 2 rings (SSSR count). The van der Waals surface area contributed by atoms with Crippen LogP contribution in [-0.2, 0) is 0 Å². The zero-order chi connectivity index (χ0) is 12.4. The molecule has 1 aromatic rings. The van der Waals surface area contributed by atoms with Gasteiger partial charge in [0.05, 0.1) is 6.10 Å². The molecule has 1 aliphatic heterocycles. The van der Waals surface area contributed by atoms with Gasteiger partial charge >= 0.3 is 0 Å². The third kappa shape index (κ3) is 2.69. The number of benzene rings is 1. The second kappa shape index (κ2) is 5.19. The minimum Gasteiger partial charge on any atom is -0.393 e. The highest BCUT2D eigenvalue weighted by Crippen LogP contribution is 2.28. The molecule has 1 heterocycles. The Morgan fingerprint density at radius 3 is 2.88 bits per heavy atom. The molecule has 1 aromatic carbocycles. The van der Waals surface area contributed by atoms with E-state index in [0.29, 0.717) is 11.5 Å². The van der Waals surface area contributed by atoms with Gasteiger partial charge < -0.3 is 10.0 Å². The van der Waals surface area contributed by atoms with Gasteiger partial charge in [-0.3, -0.25) is 4.79 Å². The second-order valence-corrected chi connectivity index (χ2v) is 5.41. The molecule has 3 nitrogen and oxygen atoms in total. The van der Waals surface area contributed by atoms with E-state index < -0.39 is 0 Å². The molecule has 1 aliphatic rings. The molecule has 2 atom stereocenters. The van der Waals surface area contributed by atoms with Gasteiger partial charge in [-0.05, 0) is 47.5 Å². The smallest absolute Gasteiger partial charge is 0.151 e. The summed E-state index contributed by atoms with van der Waals surface area (Å²) in [5.41, 5.74) is 1.77. The highest BCUT2D eigenvalue weighted by molar-refractivity contribution is 9.10. The van der Waals surface area contributed by atoms with Gasteiger partial charge in [-0.1, -0.05) is 0 Å². The summed E-state index contributed by atoms with van der Waals surface area (Å²) >= 11 is 3.39. The molecule has 17 heavy (non-hydrogen) atoms. The van der Waals surface area contributed by atoms with Gasteiger partial charge in [-0.2, -0.15) is 0 Å². The maximum Gasteiger partial charge on any atom is 0.151 e. The molecule has 0 aliphatic carbocycles. The van der Waals surface area contributed by atoms with Gasteiger partial charge in [0.25, 0.3) is 0 Å². The molecule has 92 valence electrons. The summed E-state index contributed by atoms with van der Waals surface area (Å²) in [4.78, 5) is 13.0. The lowest BCUT2D eigenvalue weighted by Crippen LogP contribution is -2.23. The van der Waals surface area contributed by atoms with Gasteiger partial charge in [-0.25, -0.2) is 0 Å². The molecule has 0 spiro atoms. The van der Waals surface area contributed by atoms with Crippen molar-refractivity contribution in [3.63, 3.8) is 0 Å². The molecule has 1 N–H and O–H groups in total. The SMILES string of the molecule is CC(O)C1CCN(c2ccc(C=O)c(Br)c2)C1. The fourth-order valence-electron chi connectivity index (χ4n) is 2.22. The minimum atomic E-state index is -0.252. The van der Waals surface area contributed by atoms with Gasteiger partial charge in [0, 0.05) is 34.7 Å². The molecule has 0 amide bonds. The van der Waals surface area contributed by atoms with Crippen LogP contribution in [0, 0.1) is 5.92 Å². The lowest BCUT2D eigenvalue weighted by Gasteiger charge is -2.20. The number of anilines is 1. The first-order valence-electron chi connectivity index (χ1n) is 5.79. The molecule has 0 bridgehead atoms. The number of nitrogens with zero attached hydrogens (tertiary/aromatic N) is 1. The van der Waals surface area contributed by atoms with Crippen molar-refractivity contribution in [2.45, 2.75) is 19.4 Å². The number of carbonyl (C=O) groups is 1. The molecule has 2 unspecified atom stereocenters. The van der Waals surface area contributed by atoms with Crippen LogP contribution < -0.4 is 4.90 Å². The van der Waals surface area contributed by atoms with Crippen LogP contribution in [0.3, 0.4) is 0 Å². The minimum absolute atomic E-state index is 0.252. The molecule has 0 radical (unpaired) electrons. The Kier molecular flexibility index (Phi) is 3.84. The number of hydrogen-bond donors (Lipinski definition) is 1. The van der Waals surface area contributed by atoms with Gasteiger partial charge in [-0.15, -0.1) is 0 Å². The summed E-state index contributed by atoms with van der Waals surface area (Å²) in [5.74, 6) is 0.347. The summed E-state index contributed by atoms with van der Waals surface area (Å²) in [7, 11) is 0. The second-order valence-electron chi connectivity index (χ2n) is 4.56. The largest absolute Gasteiger partial charge is 0.393 e.